The van der Waals surface area contributed by atoms with Crippen LogP contribution in [0.1, 0.15) is 6.42 Å². The molecule has 0 unspecified atom stereocenters. The average molecular weight is 265 g/mol. The highest BCUT2D eigenvalue weighted by molar-refractivity contribution is 7.99. The van der Waals surface area contributed by atoms with Crippen molar-refractivity contribution < 1.29 is 0 Å². The molecule has 100 valence electrons. The first-order valence-corrected chi connectivity index (χ1v) is 7.69. The fraction of sp³-hybridized carbons (Fsp3) is 0.571. The van der Waals surface area contributed by atoms with E-state index in [1.807, 2.05) is 17.8 Å². The number of nitrogens with two attached hydrogens (primary N) is 1. The zero-order valence-corrected chi connectivity index (χ0v) is 11.7. The second kappa shape index (κ2) is 7.79. The summed E-state index contributed by atoms with van der Waals surface area (Å²) in [6.45, 7) is 5.71. The maximum Gasteiger partial charge on any atom is 0.0146 e. The lowest BCUT2D eigenvalue weighted by molar-refractivity contribution is 0.234. The van der Waals surface area contributed by atoms with Crippen LogP contribution in [0.2, 0.25) is 0 Å². The number of nitrogens with zero attached hydrogens (tertiary/aromatic N) is 1. The average Bonchev–Trinajstić information content (AvgIpc) is 2.45. The van der Waals surface area contributed by atoms with Gasteiger partial charge in [0.05, 0.1) is 0 Å². The highest BCUT2D eigenvalue weighted by atomic mass is 32.2. The van der Waals surface area contributed by atoms with Gasteiger partial charge in [-0.25, -0.2) is 0 Å². The predicted octanol–water partition coefficient (Wildman–Crippen LogP) is 1.40. The highest BCUT2D eigenvalue weighted by Gasteiger charge is 2.11. The van der Waals surface area contributed by atoms with Crippen molar-refractivity contribution in [2.75, 3.05) is 38.5 Å². The van der Waals surface area contributed by atoms with Gasteiger partial charge in [-0.3, -0.25) is 0 Å². The van der Waals surface area contributed by atoms with Crippen molar-refractivity contribution in [2.24, 2.45) is 5.73 Å². The predicted molar refractivity (Wildman–Crippen MR) is 79.1 cm³/mol. The topological polar surface area (TPSA) is 41.3 Å². The molecule has 1 heterocycles. The number of hydrogen-bond acceptors (Lipinski definition) is 4. The van der Waals surface area contributed by atoms with Gasteiger partial charge < -0.3 is 16.0 Å². The Morgan fingerprint density at radius 1 is 1.22 bits per heavy atom. The van der Waals surface area contributed by atoms with E-state index in [1.54, 1.807) is 0 Å². The fourth-order valence-corrected chi connectivity index (χ4v) is 3.01. The van der Waals surface area contributed by atoms with Gasteiger partial charge in [0.2, 0.25) is 0 Å². The molecule has 0 bridgehead atoms. The van der Waals surface area contributed by atoms with Gasteiger partial charge >= 0.3 is 0 Å². The van der Waals surface area contributed by atoms with E-state index in [2.05, 4.69) is 34.5 Å². The van der Waals surface area contributed by atoms with Crippen LogP contribution in [-0.4, -0.2) is 49.4 Å². The van der Waals surface area contributed by atoms with Gasteiger partial charge in [-0.1, -0.05) is 18.2 Å². The molecule has 1 aliphatic heterocycles. The van der Waals surface area contributed by atoms with Gasteiger partial charge in [-0.15, -0.1) is 11.8 Å². The molecule has 18 heavy (non-hydrogen) atoms. The van der Waals surface area contributed by atoms with Gasteiger partial charge in [0.25, 0.3) is 0 Å². The molecule has 0 aromatic heterocycles. The van der Waals surface area contributed by atoms with E-state index in [1.165, 1.54) is 18.0 Å². The van der Waals surface area contributed by atoms with E-state index >= 15 is 0 Å². The summed E-state index contributed by atoms with van der Waals surface area (Å²) in [6, 6.07) is 10.8. The Balaban J connectivity index is 1.61. The Bertz CT molecular complexity index is 325. The summed E-state index contributed by atoms with van der Waals surface area (Å²) < 4.78 is 0. The van der Waals surface area contributed by atoms with Crippen molar-refractivity contribution in [1.82, 2.24) is 10.2 Å². The molecule has 1 atom stereocenters. The summed E-state index contributed by atoms with van der Waals surface area (Å²) >= 11 is 1.86. The zero-order valence-electron chi connectivity index (χ0n) is 10.8. The van der Waals surface area contributed by atoms with Crippen molar-refractivity contribution >= 4 is 11.8 Å². The second-order valence-corrected chi connectivity index (χ2v) is 5.86. The lowest BCUT2D eigenvalue weighted by Crippen LogP contribution is -2.45. The van der Waals surface area contributed by atoms with Gasteiger partial charge in [0, 0.05) is 42.9 Å². The monoisotopic (exact) mass is 265 g/mol. The van der Waals surface area contributed by atoms with E-state index < -0.39 is 0 Å². The smallest absolute Gasteiger partial charge is 0.0146 e. The molecule has 1 saturated heterocycles. The molecule has 1 aromatic rings. The molecule has 4 heteroatoms. The summed E-state index contributed by atoms with van der Waals surface area (Å²) in [5.41, 5.74) is 6.18. The van der Waals surface area contributed by atoms with E-state index in [0.717, 1.165) is 31.8 Å². The van der Waals surface area contributed by atoms with Crippen LogP contribution < -0.4 is 11.1 Å². The second-order valence-electron chi connectivity index (χ2n) is 4.76. The normalized spacial score (nSPS) is 18.7. The molecule has 0 radical (unpaired) electrons. The van der Waals surface area contributed by atoms with Crippen molar-refractivity contribution in [1.29, 1.82) is 0 Å². The lowest BCUT2D eigenvalue weighted by atomic mass is 10.2. The van der Waals surface area contributed by atoms with Gasteiger partial charge in [0.15, 0.2) is 0 Å². The summed E-state index contributed by atoms with van der Waals surface area (Å²) in [4.78, 5) is 3.82. The summed E-state index contributed by atoms with van der Waals surface area (Å²) in [7, 11) is 0. The number of thioether (sulfide) groups is 1. The maximum absolute atomic E-state index is 6.18. The van der Waals surface area contributed by atoms with Crippen molar-refractivity contribution in [3.8, 4) is 0 Å². The third kappa shape index (κ3) is 4.98. The molecule has 0 aliphatic carbocycles. The Labute approximate surface area is 114 Å². The molecule has 0 saturated carbocycles. The molecular weight excluding hydrogens is 242 g/mol. The van der Waals surface area contributed by atoms with Crippen LogP contribution in [0, 0.1) is 0 Å². The third-order valence-corrected chi connectivity index (χ3v) is 4.43. The lowest BCUT2D eigenvalue weighted by Gasteiger charge is -2.28. The van der Waals surface area contributed by atoms with E-state index in [-0.39, 0.29) is 0 Å². The molecule has 3 N–H and O–H groups in total. The molecule has 3 nitrogen and oxygen atoms in total. The zero-order chi connectivity index (χ0) is 12.6. The van der Waals surface area contributed by atoms with Crippen LogP contribution in [0.5, 0.6) is 0 Å². The number of benzene rings is 1. The van der Waals surface area contributed by atoms with Crippen LogP contribution in [0.25, 0.3) is 0 Å². The van der Waals surface area contributed by atoms with Crippen molar-refractivity contribution in [3.63, 3.8) is 0 Å². The standard InChI is InChI=1S/C14H23N3S/c15-13(6-9-17-10-7-16-8-11-17)12-18-14-4-2-1-3-5-14/h1-5,13,16H,6-12,15H2/t13-/m1/s1. The van der Waals surface area contributed by atoms with Gasteiger partial charge in [0.1, 0.15) is 0 Å². The fourth-order valence-electron chi connectivity index (χ4n) is 2.09. The summed E-state index contributed by atoms with van der Waals surface area (Å²) in [5.74, 6) is 1.01. The largest absolute Gasteiger partial charge is 0.327 e. The van der Waals surface area contributed by atoms with Crippen LogP contribution in [0.3, 0.4) is 0 Å². The molecule has 1 aliphatic rings. The van der Waals surface area contributed by atoms with Gasteiger partial charge in [-0.2, -0.15) is 0 Å². The number of hydrogen-bond donors (Lipinski definition) is 2. The molecule has 1 fully saturated rings. The SMILES string of the molecule is N[C@H](CCN1CCNCC1)CSc1ccccc1. The number of piperazine rings is 1. The molecular formula is C14H23N3S. The van der Waals surface area contributed by atoms with Crippen LogP contribution in [0.15, 0.2) is 35.2 Å². The minimum atomic E-state index is 0.296. The molecule has 1 aromatic carbocycles. The Morgan fingerprint density at radius 2 is 1.94 bits per heavy atom. The first kappa shape index (κ1) is 13.9. The first-order chi connectivity index (χ1) is 8.84. The van der Waals surface area contributed by atoms with E-state index in [9.17, 15) is 0 Å². The minimum absolute atomic E-state index is 0.296. The van der Waals surface area contributed by atoms with Crippen LogP contribution >= 0.6 is 11.8 Å². The Morgan fingerprint density at radius 3 is 2.67 bits per heavy atom. The molecule has 0 spiro atoms. The Hall–Kier alpha value is -0.550. The first-order valence-electron chi connectivity index (χ1n) is 6.71. The number of rotatable bonds is 6. The van der Waals surface area contributed by atoms with E-state index in [4.69, 9.17) is 5.73 Å². The highest BCUT2D eigenvalue weighted by Crippen LogP contribution is 2.18. The molecule has 0 amide bonds. The van der Waals surface area contributed by atoms with Gasteiger partial charge in [-0.05, 0) is 25.1 Å². The number of nitrogens with one attached hydrogen (secondary N) is 1. The minimum Gasteiger partial charge on any atom is -0.327 e. The molecule has 2 rings (SSSR count). The maximum atomic E-state index is 6.18. The van der Waals surface area contributed by atoms with Crippen molar-refractivity contribution in [2.45, 2.75) is 17.4 Å². The van der Waals surface area contributed by atoms with E-state index in [0.29, 0.717) is 6.04 Å². The quantitative estimate of drug-likeness (QED) is 0.763. The van der Waals surface area contributed by atoms with Crippen LogP contribution in [0.4, 0.5) is 0 Å². The third-order valence-electron chi connectivity index (χ3n) is 3.23. The van der Waals surface area contributed by atoms with Crippen LogP contribution in [-0.2, 0) is 0 Å². The van der Waals surface area contributed by atoms with Crippen molar-refractivity contribution in [3.05, 3.63) is 30.3 Å². The Kier molecular flexibility index (Phi) is 6.00. The summed E-state index contributed by atoms with van der Waals surface area (Å²) in [5, 5.41) is 3.37. The summed E-state index contributed by atoms with van der Waals surface area (Å²) in [6.07, 6.45) is 1.10.